The van der Waals surface area contributed by atoms with Gasteiger partial charge in [-0.1, -0.05) is 23.7 Å². The number of ether oxygens (including phenoxy) is 1. The van der Waals surface area contributed by atoms with Gasteiger partial charge in [-0.3, -0.25) is 0 Å². The van der Waals surface area contributed by atoms with Crippen LogP contribution in [0, 0.1) is 0 Å². The van der Waals surface area contributed by atoms with E-state index in [1.54, 1.807) is 24.3 Å². The molecule has 0 aliphatic heterocycles. The van der Waals surface area contributed by atoms with Crippen molar-refractivity contribution in [3.63, 3.8) is 0 Å². The highest BCUT2D eigenvalue weighted by molar-refractivity contribution is 7.16. The first-order valence-electron chi connectivity index (χ1n) is 5.51. The molecule has 1 aromatic heterocycles. The Labute approximate surface area is 119 Å². The summed E-state index contributed by atoms with van der Waals surface area (Å²) in [6.07, 6.45) is 2.63. The Morgan fingerprint density at radius 2 is 2.00 bits per heavy atom. The summed E-state index contributed by atoms with van der Waals surface area (Å²) in [7, 11) is 0. The van der Waals surface area contributed by atoms with Gasteiger partial charge in [0, 0.05) is 11.0 Å². The van der Waals surface area contributed by atoms with Crippen LogP contribution in [-0.4, -0.2) is 11.1 Å². The number of hydrogen-bond donors (Lipinski definition) is 1. The molecule has 0 saturated heterocycles. The van der Waals surface area contributed by atoms with Crippen molar-refractivity contribution < 1.29 is 14.6 Å². The van der Waals surface area contributed by atoms with Crippen molar-refractivity contribution >= 4 is 35.0 Å². The quantitative estimate of drug-likeness (QED) is 0.845. The Hall–Kier alpha value is -1.78. The van der Waals surface area contributed by atoms with Crippen LogP contribution in [0.4, 0.5) is 0 Å². The molecule has 0 unspecified atom stereocenters. The van der Waals surface area contributed by atoms with Crippen LogP contribution in [0.5, 0.6) is 5.75 Å². The molecule has 5 heteroatoms. The molecular weight excluding hydrogens is 284 g/mol. The van der Waals surface area contributed by atoms with Crippen LogP contribution in [0.15, 0.2) is 42.5 Å². The van der Waals surface area contributed by atoms with E-state index >= 15 is 0 Å². The fraction of sp³-hybridized carbons (Fsp3) is 0.0714. The van der Waals surface area contributed by atoms with Crippen LogP contribution in [0.25, 0.3) is 6.08 Å². The molecule has 98 valence electrons. The summed E-state index contributed by atoms with van der Waals surface area (Å²) >= 11 is 7.32. The fourth-order valence-electron chi connectivity index (χ4n) is 1.43. The van der Waals surface area contributed by atoms with Crippen molar-refractivity contribution in [2.45, 2.75) is 6.61 Å². The Balaban J connectivity index is 1.93. The predicted octanol–water partition coefficient (Wildman–Crippen LogP) is 4.08. The van der Waals surface area contributed by atoms with Crippen LogP contribution >= 0.6 is 22.9 Å². The van der Waals surface area contributed by atoms with Crippen LogP contribution in [0.1, 0.15) is 10.4 Å². The van der Waals surface area contributed by atoms with Gasteiger partial charge >= 0.3 is 5.97 Å². The molecule has 1 aromatic carbocycles. The summed E-state index contributed by atoms with van der Waals surface area (Å²) in [5.74, 6) is -0.230. The van der Waals surface area contributed by atoms with Crippen molar-refractivity contribution in [1.82, 2.24) is 0 Å². The van der Waals surface area contributed by atoms with E-state index in [4.69, 9.17) is 21.4 Å². The van der Waals surface area contributed by atoms with Gasteiger partial charge in [-0.2, -0.15) is 0 Å². The van der Waals surface area contributed by atoms with Crippen LogP contribution in [0.2, 0.25) is 4.34 Å². The normalized spacial score (nSPS) is 10.8. The second kappa shape index (κ2) is 6.41. The number of carboxylic acids is 1. The van der Waals surface area contributed by atoms with Crippen molar-refractivity contribution in [1.29, 1.82) is 0 Å². The summed E-state index contributed by atoms with van der Waals surface area (Å²) in [4.78, 5) is 11.4. The molecule has 1 N–H and O–H groups in total. The second-order valence-electron chi connectivity index (χ2n) is 3.74. The number of aliphatic carboxylic acids is 1. The zero-order valence-corrected chi connectivity index (χ0v) is 11.4. The summed E-state index contributed by atoms with van der Waals surface area (Å²) in [5, 5.41) is 8.52. The number of hydrogen-bond acceptors (Lipinski definition) is 3. The van der Waals surface area contributed by atoms with Gasteiger partial charge in [0.1, 0.15) is 12.4 Å². The third kappa shape index (κ3) is 4.43. The lowest BCUT2D eigenvalue weighted by molar-refractivity contribution is -0.131. The highest BCUT2D eigenvalue weighted by atomic mass is 35.5. The smallest absolute Gasteiger partial charge is 0.328 e. The zero-order valence-electron chi connectivity index (χ0n) is 9.88. The highest BCUT2D eigenvalue weighted by Gasteiger charge is 1.99. The Morgan fingerprint density at radius 3 is 2.58 bits per heavy atom. The molecule has 0 aliphatic carbocycles. The number of halogens is 1. The molecule has 0 saturated carbocycles. The van der Waals surface area contributed by atoms with Gasteiger partial charge in [0.25, 0.3) is 0 Å². The fourth-order valence-corrected chi connectivity index (χ4v) is 2.43. The van der Waals surface area contributed by atoms with Gasteiger partial charge in [-0.15, -0.1) is 11.3 Å². The van der Waals surface area contributed by atoms with E-state index in [0.717, 1.165) is 26.6 Å². The third-order valence-corrected chi connectivity index (χ3v) is 3.51. The molecule has 3 nitrogen and oxygen atoms in total. The summed E-state index contributed by atoms with van der Waals surface area (Å²) < 4.78 is 6.34. The van der Waals surface area contributed by atoms with Gasteiger partial charge in [0.15, 0.2) is 0 Å². The van der Waals surface area contributed by atoms with E-state index in [1.165, 1.54) is 17.4 Å². The maximum Gasteiger partial charge on any atom is 0.328 e. The van der Waals surface area contributed by atoms with E-state index in [2.05, 4.69) is 0 Å². The van der Waals surface area contributed by atoms with Crippen LogP contribution < -0.4 is 4.74 Å². The molecule has 2 rings (SSSR count). The molecule has 1 heterocycles. The first kappa shape index (κ1) is 13.6. The lowest BCUT2D eigenvalue weighted by atomic mass is 10.2. The molecule has 0 amide bonds. The zero-order chi connectivity index (χ0) is 13.7. The molecular formula is C14H11ClO3S. The van der Waals surface area contributed by atoms with E-state index in [9.17, 15) is 4.79 Å². The standard InChI is InChI=1S/C14H11ClO3S/c15-13-7-6-12(19-13)9-18-11-4-1-10(2-5-11)3-8-14(16)17/h1-8H,9H2,(H,16,17)/b8-3+. The Morgan fingerprint density at radius 1 is 1.26 bits per heavy atom. The van der Waals surface area contributed by atoms with Crippen molar-refractivity contribution in [2.75, 3.05) is 0 Å². The van der Waals surface area contributed by atoms with Gasteiger partial charge in [0.2, 0.25) is 0 Å². The minimum absolute atomic E-state index is 0.474. The third-order valence-electron chi connectivity index (χ3n) is 2.31. The summed E-state index contributed by atoms with van der Waals surface area (Å²) in [6.45, 7) is 0.474. The number of benzene rings is 1. The molecule has 0 atom stereocenters. The number of carboxylic acid groups (broad SMARTS) is 1. The molecule has 2 aromatic rings. The summed E-state index contributed by atoms with van der Waals surface area (Å²) in [5.41, 5.74) is 0.814. The molecule has 0 bridgehead atoms. The maximum absolute atomic E-state index is 10.4. The minimum atomic E-state index is -0.963. The first-order chi connectivity index (χ1) is 9.13. The average molecular weight is 295 g/mol. The van der Waals surface area contributed by atoms with E-state index in [1.807, 2.05) is 12.1 Å². The number of thiophene rings is 1. The lowest BCUT2D eigenvalue weighted by Gasteiger charge is -2.04. The van der Waals surface area contributed by atoms with Gasteiger partial charge in [-0.05, 0) is 35.9 Å². The monoisotopic (exact) mass is 294 g/mol. The van der Waals surface area contributed by atoms with E-state index in [-0.39, 0.29) is 0 Å². The van der Waals surface area contributed by atoms with E-state index in [0.29, 0.717) is 6.61 Å². The highest BCUT2D eigenvalue weighted by Crippen LogP contribution is 2.23. The second-order valence-corrected chi connectivity index (χ2v) is 5.53. The molecule has 19 heavy (non-hydrogen) atoms. The maximum atomic E-state index is 10.4. The van der Waals surface area contributed by atoms with Gasteiger partial charge in [0.05, 0.1) is 4.34 Å². The molecule has 0 fully saturated rings. The Kier molecular flexibility index (Phi) is 4.60. The Bertz CT molecular complexity index is 587. The largest absolute Gasteiger partial charge is 0.488 e. The number of carbonyl (C=O) groups is 1. The SMILES string of the molecule is O=C(O)/C=C/c1ccc(OCc2ccc(Cl)s2)cc1. The number of rotatable bonds is 5. The molecule has 0 spiro atoms. The lowest BCUT2D eigenvalue weighted by Crippen LogP contribution is -1.92. The van der Waals surface area contributed by atoms with Crippen LogP contribution in [0.3, 0.4) is 0 Å². The van der Waals surface area contributed by atoms with Crippen molar-refractivity contribution in [3.8, 4) is 5.75 Å². The minimum Gasteiger partial charge on any atom is -0.488 e. The van der Waals surface area contributed by atoms with E-state index < -0.39 is 5.97 Å². The topological polar surface area (TPSA) is 46.5 Å². The first-order valence-corrected chi connectivity index (χ1v) is 6.71. The van der Waals surface area contributed by atoms with Crippen molar-refractivity contribution in [3.05, 3.63) is 57.3 Å². The van der Waals surface area contributed by atoms with Crippen LogP contribution in [-0.2, 0) is 11.4 Å². The van der Waals surface area contributed by atoms with Gasteiger partial charge < -0.3 is 9.84 Å². The predicted molar refractivity (Wildman–Crippen MR) is 76.8 cm³/mol. The summed E-state index contributed by atoms with van der Waals surface area (Å²) in [6, 6.07) is 11.0. The average Bonchev–Trinajstić information content (AvgIpc) is 2.81. The van der Waals surface area contributed by atoms with Crippen molar-refractivity contribution in [2.24, 2.45) is 0 Å². The molecule has 0 radical (unpaired) electrons. The molecule has 0 aliphatic rings. The van der Waals surface area contributed by atoms with Gasteiger partial charge in [-0.25, -0.2) is 4.79 Å².